The Balaban J connectivity index is 1.67. The van der Waals surface area contributed by atoms with E-state index >= 15 is 0 Å². The van der Waals surface area contributed by atoms with Crippen molar-refractivity contribution in [2.75, 3.05) is 11.1 Å². The largest absolute Gasteiger partial charge is 0.320 e. The predicted molar refractivity (Wildman–Crippen MR) is 101 cm³/mol. The molecule has 0 aliphatic carbocycles. The molecule has 0 radical (unpaired) electrons. The van der Waals surface area contributed by atoms with Crippen LogP contribution < -0.4 is 5.32 Å². The molecule has 6 heteroatoms. The van der Waals surface area contributed by atoms with E-state index < -0.39 is 4.92 Å². The van der Waals surface area contributed by atoms with E-state index in [1.54, 1.807) is 19.1 Å². The number of benzene rings is 3. The van der Waals surface area contributed by atoms with Gasteiger partial charge in [-0.25, -0.2) is 0 Å². The average molecular weight is 352 g/mol. The van der Waals surface area contributed by atoms with E-state index in [9.17, 15) is 14.9 Å². The van der Waals surface area contributed by atoms with Crippen molar-refractivity contribution >= 4 is 39.8 Å². The molecular formula is C19H16N2O3S. The first-order valence-corrected chi connectivity index (χ1v) is 8.68. The molecule has 0 aliphatic heterocycles. The second-order valence-corrected chi connectivity index (χ2v) is 6.67. The molecule has 0 saturated heterocycles. The Morgan fingerprint density at radius 3 is 2.60 bits per heavy atom. The minimum absolute atomic E-state index is 0.0935. The molecule has 0 aliphatic rings. The van der Waals surface area contributed by atoms with E-state index in [1.165, 1.54) is 17.8 Å². The number of carbonyl (C=O) groups is 1. The number of amides is 1. The van der Waals surface area contributed by atoms with Crippen LogP contribution in [0.1, 0.15) is 5.56 Å². The monoisotopic (exact) mass is 352 g/mol. The van der Waals surface area contributed by atoms with Crippen molar-refractivity contribution in [3.63, 3.8) is 0 Å². The Morgan fingerprint density at radius 1 is 1.08 bits per heavy atom. The van der Waals surface area contributed by atoms with Gasteiger partial charge in [0.15, 0.2) is 0 Å². The molecule has 1 N–H and O–H groups in total. The SMILES string of the molecule is Cc1ccc(NC(=O)CSc2ccc3ccccc3c2)c([N+](=O)[O-])c1. The van der Waals surface area contributed by atoms with E-state index in [4.69, 9.17) is 0 Å². The Hall–Kier alpha value is -2.86. The van der Waals surface area contributed by atoms with Crippen LogP contribution in [0.5, 0.6) is 0 Å². The van der Waals surface area contributed by atoms with Gasteiger partial charge < -0.3 is 5.32 Å². The number of aryl methyl sites for hydroxylation is 1. The third-order valence-electron chi connectivity index (χ3n) is 3.71. The van der Waals surface area contributed by atoms with Gasteiger partial charge in [0.2, 0.25) is 5.91 Å². The summed E-state index contributed by atoms with van der Waals surface area (Å²) in [6.45, 7) is 1.77. The number of hydrogen-bond donors (Lipinski definition) is 1. The van der Waals surface area contributed by atoms with Gasteiger partial charge in [-0.2, -0.15) is 0 Å². The first-order valence-electron chi connectivity index (χ1n) is 7.69. The lowest BCUT2D eigenvalue weighted by atomic mass is 10.1. The van der Waals surface area contributed by atoms with E-state index in [0.29, 0.717) is 0 Å². The van der Waals surface area contributed by atoms with E-state index in [-0.39, 0.29) is 23.0 Å². The van der Waals surface area contributed by atoms with Crippen LogP contribution >= 0.6 is 11.8 Å². The number of anilines is 1. The molecule has 1 amide bonds. The van der Waals surface area contributed by atoms with Crippen molar-refractivity contribution in [2.45, 2.75) is 11.8 Å². The van der Waals surface area contributed by atoms with Gasteiger partial charge in [0, 0.05) is 11.0 Å². The van der Waals surface area contributed by atoms with Gasteiger partial charge in [-0.1, -0.05) is 36.4 Å². The summed E-state index contributed by atoms with van der Waals surface area (Å²) in [7, 11) is 0. The normalized spacial score (nSPS) is 10.6. The lowest BCUT2D eigenvalue weighted by Gasteiger charge is -2.07. The van der Waals surface area contributed by atoms with Gasteiger partial charge in [-0.15, -0.1) is 11.8 Å². The summed E-state index contributed by atoms with van der Waals surface area (Å²) in [5.74, 6) is -0.0891. The Labute approximate surface area is 149 Å². The van der Waals surface area contributed by atoms with Crippen LogP contribution in [0.15, 0.2) is 65.6 Å². The van der Waals surface area contributed by atoms with Crippen molar-refractivity contribution in [3.05, 3.63) is 76.3 Å². The van der Waals surface area contributed by atoms with Crippen LogP contribution in [0.25, 0.3) is 10.8 Å². The molecule has 126 valence electrons. The molecule has 0 atom stereocenters. The van der Waals surface area contributed by atoms with Crippen LogP contribution in [0.3, 0.4) is 0 Å². The molecule has 0 fully saturated rings. The number of rotatable bonds is 5. The molecule has 3 aromatic carbocycles. The number of nitro groups is 1. The van der Waals surface area contributed by atoms with Crippen molar-refractivity contribution in [3.8, 4) is 0 Å². The van der Waals surface area contributed by atoms with Crippen molar-refractivity contribution in [1.82, 2.24) is 0 Å². The highest BCUT2D eigenvalue weighted by atomic mass is 32.2. The van der Waals surface area contributed by atoms with Gasteiger partial charge in [0.25, 0.3) is 5.69 Å². The van der Waals surface area contributed by atoms with Crippen molar-refractivity contribution < 1.29 is 9.72 Å². The zero-order chi connectivity index (χ0) is 17.8. The van der Waals surface area contributed by atoms with Crippen LogP contribution in [-0.2, 0) is 4.79 Å². The molecule has 0 heterocycles. The highest BCUT2D eigenvalue weighted by Gasteiger charge is 2.16. The van der Waals surface area contributed by atoms with Crippen LogP contribution in [0, 0.1) is 17.0 Å². The van der Waals surface area contributed by atoms with Crippen LogP contribution in [0.4, 0.5) is 11.4 Å². The Bertz CT molecular complexity index is 956. The van der Waals surface area contributed by atoms with Gasteiger partial charge in [-0.3, -0.25) is 14.9 Å². The number of fused-ring (bicyclic) bond motifs is 1. The molecular weight excluding hydrogens is 336 g/mol. The summed E-state index contributed by atoms with van der Waals surface area (Å²) in [6, 6.07) is 18.8. The highest BCUT2D eigenvalue weighted by Crippen LogP contribution is 2.27. The van der Waals surface area contributed by atoms with E-state index in [1.807, 2.05) is 42.5 Å². The lowest BCUT2D eigenvalue weighted by Crippen LogP contribution is -2.15. The number of thioether (sulfide) groups is 1. The molecule has 25 heavy (non-hydrogen) atoms. The van der Waals surface area contributed by atoms with Crippen LogP contribution in [-0.4, -0.2) is 16.6 Å². The number of hydrogen-bond acceptors (Lipinski definition) is 4. The first-order chi connectivity index (χ1) is 12.0. The highest BCUT2D eigenvalue weighted by molar-refractivity contribution is 8.00. The second-order valence-electron chi connectivity index (χ2n) is 5.62. The molecule has 0 aromatic heterocycles. The molecule has 0 unspecified atom stereocenters. The number of carbonyl (C=O) groups excluding carboxylic acids is 1. The van der Waals surface area contributed by atoms with Crippen molar-refractivity contribution in [1.29, 1.82) is 0 Å². The summed E-state index contributed by atoms with van der Waals surface area (Å²) >= 11 is 1.40. The smallest absolute Gasteiger partial charge is 0.293 e. The summed E-state index contributed by atoms with van der Waals surface area (Å²) in [5, 5.41) is 16.0. The summed E-state index contributed by atoms with van der Waals surface area (Å²) in [6.07, 6.45) is 0. The first kappa shape index (κ1) is 17.0. The zero-order valence-corrected chi connectivity index (χ0v) is 14.4. The van der Waals surface area contributed by atoms with Gasteiger partial charge in [0.05, 0.1) is 10.7 Å². The Kier molecular flexibility index (Phi) is 5.00. The number of nitrogens with one attached hydrogen (secondary N) is 1. The maximum absolute atomic E-state index is 12.2. The van der Waals surface area contributed by atoms with Gasteiger partial charge >= 0.3 is 0 Å². The maximum Gasteiger partial charge on any atom is 0.293 e. The third-order valence-corrected chi connectivity index (χ3v) is 4.71. The Morgan fingerprint density at radius 2 is 1.84 bits per heavy atom. The summed E-state index contributed by atoms with van der Waals surface area (Å²) < 4.78 is 0. The minimum atomic E-state index is -0.487. The number of nitro benzene ring substituents is 1. The quantitative estimate of drug-likeness (QED) is 0.407. The van der Waals surface area contributed by atoms with Gasteiger partial charge in [0.1, 0.15) is 5.69 Å². The fourth-order valence-corrected chi connectivity index (χ4v) is 3.24. The maximum atomic E-state index is 12.2. The molecule has 0 bridgehead atoms. The molecule has 5 nitrogen and oxygen atoms in total. The molecule has 0 spiro atoms. The zero-order valence-electron chi connectivity index (χ0n) is 13.6. The lowest BCUT2D eigenvalue weighted by molar-refractivity contribution is -0.384. The standard InChI is InChI=1S/C19H16N2O3S/c1-13-6-9-17(18(10-13)21(23)24)20-19(22)12-25-16-8-7-14-4-2-3-5-15(14)11-16/h2-11H,12H2,1H3,(H,20,22). The number of nitrogens with zero attached hydrogens (tertiary/aromatic N) is 1. The van der Waals surface area contributed by atoms with E-state index in [0.717, 1.165) is 21.2 Å². The second kappa shape index (κ2) is 7.36. The fourth-order valence-electron chi connectivity index (χ4n) is 2.49. The fraction of sp³-hybridized carbons (Fsp3) is 0.105. The molecule has 3 rings (SSSR count). The third kappa shape index (κ3) is 4.16. The minimum Gasteiger partial charge on any atom is -0.320 e. The molecule has 0 saturated carbocycles. The topological polar surface area (TPSA) is 72.2 Å². The van der Waals surface area contributed by atoms with Crippen molar-refractivity contribution in [2.24, 2.45) is 0 Å². The van der Waals surface area contributed by atoms with E-state index in [2.05, 4.69) is 5.32 Å². The summed E-state index contributed by atoms with van der Waals surface area (Å²) in [5.41, 5.74) is 0.902. The van der Waals surface area contributed by atoms with Crippen LogP contribution in [0.2, 0.25) is 0 Å². The predicted octanol–water partition coefficient (Wildman–Crippen LogP) is 4.79. The average Bonchev–Trinajstić information content (AvgIpc) is 2.61. The summed E-state index contributed by atoms with van der Waals surface area (Å²) in [4.78, 5) is 23.8. The van der Waals surface area contributed by atoms with Gasteiger partial charge in [-0.05, 0) is 41.5 Å². The molecule has 3 aromatic rings.